The van der Waals surface area contributed by atoms with Crippen LogP contribution in [-0.4, -0.2) is 29.0 Å². The Morgan fingerprint density at radius 1 is 1.19 bits per heavy atom. The highest BCUT2D eigenvalue weighted by Crippen LogP contribution is 2.24. The fourth-order valence-corrected chi connectivity index (χ4v) is 3.19. The molecule has 2 aromatic rings. The molecule has 0 saturated carbocycles. The number of ketones is 1. The molecule has 0 bridgehead atoms. The Morgan fingerprint density at radius 2 is 1.96 bits per heavy atom. The van der Waals surface area contributed by atoms with E-state index in [4.69, 9.17) is 11.6 Å². The number of anilines is 1. The maximum absolute atomic E-state index is 12.5. The predicted molar refractivity (Wildman–Crippen MR) is 100 cm³/mol. The molecule has 0 radical (unpaired) electrons. The van der Waals surface area contributed by atoms with Gasteiger partial charge in [-0.1, -0.05) is 41.9 Å². The van der Waals surface area contributed by atoms with E-state index >= 15 is 0 Å². The second-order valence-electron chi connectivity index (χ2n) is 6.39. The van der Waals surface area contributed by atoms with Gasteiger partial charge in [-0.05, 0) is 30.7 Å². The molecule has 5 nitrogen and oxygen atoms in total. The van der Waals surface area contributed by atoms with E-state index in [1.165, 1.54) is 6.92 Å². The highest BCUT2D eigenvalue weighted by molar-refractivity contribution is 6.31. The lowest BCUT2D eigenvalue weighted by Crippen LogP contribution is -2.28. The third-order valence-corrected chi connectivity index (χ3v) is 4.81. The summed E-state index contributed by atoms with van der Waals surface area (Å²) >= 11 is 6.15. The topological polar surface area (TPSA) is 66.5 Å². The van der Waals surface area contributed by atoms with Crippen molar-refractivity contribution >= 4 is 34.9 Å². The molecule has 1 fully saturated rings. The van der Waals surface area contributed by atoms with Gasteiger partial charge in [-0.3, -0.25) is 14.4 Å². The minimum atomic E-state index is -0.425. The molecule has 2 amide bonds. The minimum absolute atomic E-state index is 0.0666. The highest BCUT2D eigenvalue weighted by Gasteiger charge is 2.34. The number of hydrogen-bond acceptors (Lipinski definition) is 3. The molecule has 1 aliphatic heterocycles. The third kappa shape index (κ3) is 4.11. The average molecular weight is 371 g/mol. The Morgan fingerprint density at radius 3 is 2.69 bits per heavy atom. The standard InChI is InChI=1S/C20H19ClN2O3/c1-13(24)14-6-4-7-17(9-14)22-20(26)16-10-19(25)23(12-16)11-15-5-2-3-8-18(15)21/h2-9,16H,10-12H2,1H3,(H,22,26). The smallest absolute Gasteiger partial charge is 0.229 e. The van der Waals surface area contributed by atoms with E-state index in [0.717, 1.165) is 5.56 Å². The lowest BCUT2D eigenvalue weighted by atomic mass is 10.1. The number of nitrogens with one attached hydrogen (secondary N) is 1. The number of benzene rings is 2. The molecule has 1 aliphatic rings. The molecule has 0 spiro atoms. The molecule has 6 heteroatoms. The van der Waals surface area contributed by atoms with Crippen LogP contribution in [0.2, 0.25) is 5.02 Å². The van der Waals surface area contributed by atoms with Gasteiger partial charge >= 0.3 is 0 Å². The van der Waals surface area contributed by atoms with Crippen LogP contribution < -0.4 is 5.32 Å². The van der Waals surface area contributed by atoms with Crippen LogP contribution in [0.3, 0.4) is 0 Å². The van der Waals surface area contributed by atoms with Crippen molar-refractivity contribution in [2.24, 2.45) is 5.92 Å². The summed E-state index contributed by atoms with van der Waals surface area (Å²) in [6, 6.07) is 14.1. The van der Waals surface area contributed by atoms with E-state index in [1.54, 1.807) is 35.2 Å². The lowest BCUT2D eigenvalue weighted by molar-refractivity contribution is -0.128. The van der Waals surface area contributed by atoms with Gasteiger partial charge in [-0.15, -0.1) is 0 Å². The quantitative estimate of drug-likeness (QED) is 0.819. The van der Waals surface area contributed by atoms with Crippen molar-refractivity contribution in [2.75, 3.05) is 11.9 Å². The third-order valence-electron chi connectivity index (χ3n) is 4.44. The van der Waals surface area contributed by atoms with E-state index in [9.17, 15) is 14.4 Å². The van der Waals surface area contributed by atoms with E-state index in [2.05, 4.69) is 5.32 Å². The molecule has 1 N–H and O–H groups in total. The van der Waals surface area contributed by atoms with Gasteiger partial charge in [0.2, 0.25) is 11.8 Å². The average Bonchev–Trinajstić information content (AvgIpc) is 2.98. The summed E-state index contributed by atoms with van der Waals surface area (Å²) in [6.07, 6.45) is 0.169. The monoisotopic (exact) mass is 370 g/mol. The molecule has 1 saturated heterocycles. The number of carbonyl (C=O) groups is 3. The number of hydrogen-bond donors (Lipinski definition) is 1. The first-order valence-electron chi connectivity index (χ1n) is 8.37. The fourth-order valence-electron chi connectivity index (χ4n) is 2.99. The van der Waals surface area contributed by atoms with Crippen molar-refractivity contribution in [3.8, 4) is 0 Å². The zero-order valence-electron chi connectivity index (χ0n) is 14.4. The Labute approximate surface area is 156 Å². The van der Waals surface area contributed by atoms with Gasteiger partial charge in [0, 0.05) is 35.8 Å². The van der Waals surface area contributed by atoms with Crippen molar-refractivity contribution in [3.05, 3.63) is 64.7 Å². The molecule has 0 aliphatic carbocycles. The SMILES string of the molecule is CC(=O)c1cccc(NC(=O)C2CC(=O)N(Cc3ccccc3Cl)C2)c1. The molecule has 134 valence electrons. The Bertz CT molecular complexity index is 866. The zero-order chi connectivity index (χ0) is 18.7. The van der Waals surface area contributed by atoms with Gasteiger partial charge in [-0.2, -0.15) is 0 Å². The van der Waals surface area contributed by atoms with E-state index in [1.807, 2.05) is 18.2 Å². The second-order valence-corrected chi connectivity index (χ2v) is 6.80. The van der Waals surface area contributed by atoms with Gasteiger partial charge in [-0.25, -0.2) is 0 Å². The molecule has 3 rings (SSSR count). The van der Waals surface area contributed by atoms with Gasteiger partial charge in [0.1, 0.15) is 0 Å². The molecule has 0 aromatic heterocycles. The summed E-state index contributed by atoms with van der Waals surface area (Å²) in [5.41, 5.74) is 1.95. The van der Waals surface area contributed by atoms with Crippen LogP contribution in [0.1, 0.15) is 29.3 Å². The molecular formula is C20H19ClN2O3. The number of nitrogens with zero attached hydrogens (tertiary/aromatic N) is 1. The highest BCUT2D eigenvalue weighted by atomic mass is 35.5. The lowest BCUT2D eigenvalue weighted by Gasteiger charge is -2.17. The molecule has 1 heterocycles. The number of halogens is 1. The summed E-state index contributed by atoms with van der Waals surface area (Å²) in [5, 5.41) is 3.41. The number of amides is 2. The maximum Gasteiger partial charge on any atom is 0.229 e. The summed E-state index contributed by atoms with van der Waals surface area (Å²) in [6.45, 7) is 2.22. The Hall–Kier alpha value is -2.66. The molecular weight excluding hydrogens is 352 g/mol. The molecule has 1 unspecified atom stereocenters. The van der Waals surface area contributed by atoms with Crippen molar-refractivity contribution in [3.63, 3.8) is 0 Å². The summed E-state index contributed by atoms with van der Waals surface area (Å²) < 4.78 is 0. The molecule has 26 heavy (non-hydrogen) atoms. The first kappa shape index (κ1) is 18.1. The van der Waals surface area contributed by atoms with Crippen molar-refractivity contribution in [2.45, 2.75) is 19.9 Å². The minimum Gasteiger partial charge on any atom is -0.337 e. The Balaban J connectivity index is 1.64. The first-order chi connectivity index (χ1) is 12.4. The van der Waals surface area contributed by atoms with Gasteiger partial charge < -0.3 is 10.2 Å². The van der Waals surface area contributed by atoms with E-state index < -0.39 is 5.92 Å². The van der Waals surface area contributed by atoms with Crippen LogP contribution in [0, 0.1) is 5.92 Å². The molecule has 1 atom stereocenters. The van der Waals surface area contributed by atoms with Gasteiger partial charge in [0.25, 0.3) is 0 Å². The predicted octanol–water partition coefficient (Wildman–Crippen LogP) is 3.53. The van der Waals surface area contributed by atoms with Gasteiger partial charge in [0.15, 0.2) is 5.78 Å². The number of likely N-dealkylation sites (tertiary alicyclic amines) is 1. The van der Waals surface area contributed by atoms with Crippen LogP contribution in [-0.2, 0) is 16.1 Å². The molecule has 2 aromatic carbocycles. The van der Waals surface area contributed by atoms with Crippen LogP contribution in [0.5, 0.6) is 0 Å². The summed E-state index contributed by atoms with van der Waals surface area (Å²) in [4.78, 5) is 37.9. The van der Waals surface area contributed by atoms with Crippen LogP contribution in [0.15, 0.2) is 48.5 Å². The number of carbonyl (C=O) groups excluding carboxylic acids is 3. The van der Waals surface area contributed by atoms with E-state index in [0.29, 0.717) is 29.4 Å². The van der Waals surface area contributed by atoms with Gasteiger partial charge in [0.05, 0.1) is 5.92 Å². The summed E-state index contributed by atoms with van der Waals surface area (Å²) in [5.74, 6) is -0.780. The van der Waals surface area contributed by atoms with Crippen LogP contribution in [0.4, 0.5) is 5.69 Å². The number of rotatable bonds is 5. The Kier molecular flexibility index (Phi) is 5.38. The first-order valence-corrected chi connectivity index (χ1v) is 8.75. The number of Topliss-reactive ketones (excluding diaryl/α,β-unsaturated/α-hetero) is 1. The van der Waals surface area contributed by atoms with Crippen LogP contribution >= 0.6 is 11.6 Å². The summed E-state index contributed by atoms with van der Waals surface area (Å²) in [7, 11) is 0. The normalized spacial score (nSPS) is 16.6. The zero-order valence-corrected chi connectivity index (χ0v) is 15.1. The largest absolute Gasteiger partial charge is 0.337 e. The van der Waals surface area contributed by atoms with Crippen molar-refractivity contribution < 1.29 is 14.4 Å². The van der Waals surface area contributed by atoms with E-state index in [-0.39, 0.29) is 24.0 Å². The van der Waals surface area contributed by atoms with Crippen molar-refractivity contribution in [1.82, 2.24) is 4.90 Å². The van der Waals surface area contributed by atoms with Crippen LogP contribution in [0.25, 0.3) is 0 Å². The second kappa shape index (κ2) is 7.70. The maximum atomic E-state index is 12.5. The fraction of sp³-hybridized carbons (Fsp3) is 0.250. The van der Waals surface area contributed by atoms with Crippen molar-refractivity contribution in [1.29, 1.82) is 0 Å².